The average molecular weight is 369 g/mol. The summed E-state index contributed by atoms with van der Waals surface area (Å²) < 4.78 is 6.25. The van der Waals surface area contributed by atoms with Crippen molar-refractivity contribution < 1.29 is 9.53 Å². The molecule has 0 saturated carbocycles. The molecule has 4 rings (SSSR count). The second-order valence-corrected chi connectivity index (χ2v) is 8.64. The summed E-state index contributed by atoms with van der Waals surface area (Å²) >= 11 is 1.95. The van der Waals surface area contributed by atoms with Crippen LogP contribution in [0, 0.1) is 6.92 Å². The van der Waals surface area contributed by atoms with E-state index in [1.807, 2.05) is 60.0 Å². The molecule has 2 saturated heterocycles. The van der Waals surface area contributed by atoms with Crippen LogP contribution in [0.1, 0.15) is 23.5 Å². The Kier molecular flexibility index (Phi) is 4.96. The molecule has 2 fully saturated rings. The first-order valence-electron chi connectivity index (χ1n) is 8.98. The van der Waals surface area contributed by atoms with Gasteiger partial charge in [-0.3, -0.25) is 14.8 Å². The summed E-state index contributed by atoms with van der Waals surface area (Å²) in [6, 6.07) is 11.7. The molecule has 0 N–H and O–H groups in total. The molecule has 0 bridgehead atoms. The highest BCUT2D eigenvalue weighted by molar-refractivity contribution is 8.01. The van der Waals surface area contributed by atoms with Gasteiger partial charge in [0.1, 0.15) is 0 Å². The fourth-order valence-electron chi connectivity index (χ4n) is 3.61. The van der Waals surface area contributed by atoms with E-state index in [0.29, 0.717) is 13.0 Å². The monoisotopic (exact) mass is 369 g/mol. The molecule has 6 heteroatoms. The van der Waals surface area contributed by atoms with Crippen LogP contribution in [0.25, 0.3) is 0 Å². The van der Waals surface area contributed by atoms with Gasteiger partial charge in [-0.05, 0) is 37.6 Å². The fraction of sp³-hybridized carbons (Fsp3) is 0.450. The smallest absolute Gasteiger partial charge is 0.228 e. The number of hydrogen-bond donors (Lipinski definition) is 0. The number of thioether (sulfide) groups is 1. The van der Waals surface area contributed by atoms with Crippen molar-refractivity contribution in [1.29, 1.82) is 0 Å². The molecule has 0 aromatic carbocycles. The third kappa shape index (κ3) is 3.91. The summed E-state index contributed by atoms with van der Waals surface area (Å²) in [5, 5.41) is 0. The zero-order valence-electron chi connectivity index (χ0n) is 14.9. The fourth-order valence-corrected chi connectivity index (χ4v) is 5.16. The van der Waals surface area contributed by atoms with Crippen molar-refractivity contribution in [2.24, 2.45) is 0 Å². The van der Waals surface area contributed by atoms with Gasteiger partial charge in [0.25, 0.3) is 0 Å². The molecule has 0 radical (unpaired) electrons. The lowest BCUT2D eigenvalue weighted by molar-refractivity contribution is -0.136. The number of carbonyl (C=O) groups is 1. The highest BCUT2D eigenvalue weighted by atomic mass is 32.2. The van der Waals surface area contributed by atoms with Crippen LogP contribution in [-0.2, 0) is 22.6 Å². The van der Waals surface area contributed by atoms with E-state index in [0.717, 1.165) is 42.3 Å². The van der Waals surface area contributed by atoms with Gasteiger partial charge in [0.15, 0.2) is 0 Å². The number of ether oxygens (including phenoxy) is 1. The molecule has 2 aromatic heterocycles. The lowest BCUT2D eigenvalue weighted by Crippen LogP contribution is -2.61. The van der Waals surface area contributed by atoms with E-state index in [4.69, 9.17) is 4.74 Å². The van der Waals surface area contributed by atoms with Gasteiger partial charge in [0.05, 0.1) is 29.6 Å². The number of amides is 1. The summed E-state index contributed by atoms with van der Waals surface area (Å²) in [6.07, 6.45) is 3.38. The van der Waals surface area contributed by atoms with Crippen LogP contribution in [-0.4, -0.2) is 50.5 Å². The van der Waals surface area contributed by atoms with Gasteiger partial charge < -0.3 is 9.64 Å². The van der Waals surface area contributed by atoms with Crippen molar-refractivity contribution in [3.8, 4) is 0 Å². The second-order valence-electron chi connectivity index (χ2n) is 7.15. The maximum atomic E-state index is 12.4. The summed E-state index contributed by atoms with van der Waals surface area (Å²) in [5.74, 6) is 1.16. The third-order valence-electron chi connectivity index (χ3n) is 4.96. The molecule has 5 nitrogen and oxygen atoms in total. The number of hydrogen-bond acceptors (Lipinski definition) is 5. The highest BCUT2D eigenvalue weighted by Gasteiger charge is 2.50. The van der Waals surface area contributed by atoms with Gasteiger partial charge in [0, 0.05) is 36.4 Å². The number of pyridine rings is 2. The summed E-state index contributed by atoms with van der Waals surface area (Å²) in [5.41, 5.74) is 2.84. The number of rotatable bonds is 5. The van der Waals surface area contributed by atoms with E-state index in [1.165, 1.54) is 0 Å². The van der Waals surface area contributed by atoms with Crippen LogP contribution < -0.4 is 0 Å². The Bertz CT molecular complexity index is 778. The normalized spacial score (nSPS) is 21.0. The minimum absolute atomic E-state index is 0.170. The van der Waals surface area contributed by atoms with Crippen LogP contribution in [0.15, 0.2) is 42.6 Å². The van der Waals surface area contributed by atoms with E-state index < -0.39 is 0 Å². The molecule has 136 valence electrons. The van der Waals surface area contributed by atoms with Crippen molar-refractivity contribution in [3.63, 3.8) is 0 Å². The van der Waals surface area contributed by atoms with Crippen molar-refractivity contribution in [2.75, 3.05) is 18.8 Å². The Hall–Kier alpha value is -1.92. The number of carbonyl (C=O) groups excluding carboxylic acids is 1. The Labute approximate surface area is 158 Å². The summed E-state index contributed by atoms with van der Waals surface area (Å²) in [6.45, 7) is 4.21. The molecule has 2 aliphatic heterocycles. The van der Waals surface area contributed by atoms with Crippen LogP contribution in [0.3, 0.4) is 0 Å². The molecule has 1 amide bonds. The number of aryl methyl sites for hydroxylation is 1. The molecular weight excluding hydrogens is 346 g/mol. The van der Waals surface area contributed by atoms with Crippen molar-refractivity contribution in [2.45, 2.75) is 37.2 Å². The van der Waals surface area contributed by atoms with Crippen LogP contribution in [0.2, 0.25) is 0 Å². The van der Waals surface area contributed by atoms with Gasteiger partial charge >= 0.3 is 0 Å². The van der Waals surface area contributed by atoms with E-state index in [2.05, 4.69) is 9.97 Å². The first-order chi connectivity index (χ1) is 12.6. The third-order valence-corrected chi connectivity index (χ3v) is 6.53. The van der Waals surface area contributed by atoms with Crippen molar-refractivity contribution in [3.05, 3.63) is 59.7 Å². The molecule has 2 aromatic rings. The molecule has 0 aliphatic carbocycles. The van der Waals surface area contributed by atoms with Crippen molar-refractivity contribution in [1.82, 2.24) is 14.9 Å². The van der Waals surface area contributed by atoms with Gasteiger partial charge in [-0.15, -0.1) is 11.8 Å². The predicted octanol–water partition coefficient (Wildman–Crippen LogP) is 2.63. The number of nitrogens with zero attached hydrogens (tertiary/aromatic N) is 3. The Morgan fingerprint density at radius 2 is 2.12 bits per heavy atom. The molecule has 1 unspecified atom stereocenters. The van der Waals surface area contributed by atoms with Gasteiger partial charge in [-0.2, -0.15) is 0 Å². The maximum Gasteiger partial charge on any atom is 0.228 e. The number of likely N-dealkylation sites (tertiary alicyclic amines) is 1. The molecule has 1 spiro atoms. The summed E-state index contributed by atoms with van der Waals surface area (Å²) in [7, 11) is 0. The first-order valence-corrected chi connectivity index (χ1v) is 9.96. The topological polar surface area (TPSA) is 55.3 Å². The second kappa shape index (κ2) is 7.37. The van der Waals surface area contributed by atoms with Crippen molar-refractivity contribution >= 4 is 17.7 Å². The summed E-state index contributed by atoms with van der Waals surface area (Å²) in [4.78, 5) is 23.1. The number of aromatic nitrogens is 2. The van der Waals surface area contributed by atoms with Gasteiger partial charge in [-0.1, -0.05) is 12.1 Å². The van der Waals surface area contributed by atoms with Crippen LogP contribution in [0.5, 0.6) is 0 Å². The quantitative estimate of drug-likeness (QED) is 0.811. The zero-order valence-corrected chi connectivity index (χ0v) is 15.7. The Balaban J connectivity index is 1.24. The van der Waals surface area contributed by atoms with Crippen LogP contribution >= 0.6 is 11.8 Å². The Morgan fingerprint density at radius 1 is 1.27 bits per heavy atom. The lowest BCUT2D eigenvalue weighted by Gasteiger charge is -2.47. The average Bonchev–Trinajstić information content (AvgIpc) is 3.04. The predicted molar refractivity (Wildman–Crippen MR) is 102 cm³/mol. The molecule has 4 heterocycles. The molecule has 2 aliphatic rings. The molecule has 1 atom stereocenters. The van der Waals surface area contributed by atoms with Gasteiger partial charge in [-0.25, -0.2) is 0 Å². The lowest BCUT2D eigenvalue weighted by atomic mass is 9.92. The minimum atomic E-state index is 0.170. The SMILES string of the molecule is Cc1cccc(COC2CSC3(C2)CN(C(=O)Cc2ccccn2)C3)n1. The minimum Gasteiger partial charge on any atom is -0.371 e. The first kappa shape index (κ1) is 17.5. The van der Waals surface area contributed by atoms with E-state index in [9.17, 15) is 4.79 Å². The maximum absolute atomic E-state index is 12.4. The Morgan fingerprint density at radius 3 is 2.88 bits per heavy atom. The largest absolute Gasteiger partial charge is 0.371 e. The van der Waals surface area contributed by atoms with Crippen LogP contribution in [0.4, 0.5) is 0 Å². The zero-order chi connectivity index (χ0) is 18.0. The molecule has 26 heavy (non-hydrogen) atoms. The van der Waals surface area contributed by atoms with E-state index >= 15 is 0 Å². The van der Waals surface area contributed by atoms with E-state index in [-0.39, 0.29) is 16.8 Å². The molecular formula is C20H23N3O2S. The van der Waals surface area contributed by atoms with E-state index in [1.54, 1.807) is 6.20 Å². The standard InChI is InChI=1S/C20H23N3O2S/c1-15-5-4-7-17(22-15)11-25-18-10-20(26-12-18)13-23(14-20)19(24)9-16-6-2-3-8-21-16/h2-8,18H,9-14H2,1H3. The van der Waals surface area contributed by atoms with Gasteiger partial charge in [0.2, 0.25) is 5.91 Å². The highest BCUT2D eigenvalue weighted by Crippen LogP contribution is 2.46.